The van der Waals surface area contributed by atoms with E-state index < -0.39 is 0 Å². The number of nitrogens with one attached hydrogen (secondary N) is 1. The van der Waals surface area contributed by atoms with E-state index in [1.54, 1.807) is 25.2 Å². The van der Waals surface area contributed by atoms with Gasteiger partial charge in [0.05, 0.1) is 5.52 Å². The topological polar surface area (TPSA) is 92.6 Å². The van der Waals surface area contributed by atoms with Crippen molar-refractivity contribution in [3.05, 3.63) is 79.9 Å². The summed E-state index contributed by atoms with van der Waals surface area (Å²) in [7, 11) is 3.09. The third kappa shape index (κ3) is 4.56. The molecule has 4 aromatic rings. The SMILES string of the molecule is Cn1c(=O)c2[nH]c(-c3ccc(OCC(=O)N4CCN(c5ccc(Br)cc5)CC4)cc3)cc2n(C)c1=O. The molecule has 10 heteroatoms. The number of piperazine rings is 1. The fraction of sp³-hybridized carbons (Fsp3) is 0.269. The second-order valence-corrected chi connectivity index (χ2v) is 9.72. The summed E-state index contributed by atoms with van der Waals surface area (Å²) < 4.78 is 9.32. The van der Waals surface area contributed by atoms with Crippen molar-refractivity contribution in [1.82, 2.24) is 19.0 Å². The summed E-state index contributed by atoms with van der Waals surface area (Å²) in [5.74, 6) is 0.543. The van der Waals surface area contributed by atoms with Gasteiger partial charge in [0, 0.05) is 56.1 Å². The quantitative estimate of drug-likeness (QED) is 0.411. The van der Waals surface area contributed by atoms with Gasteiger partial charge in [-0.3, -0.25) is 18.7 Å². The molecule has 1 amide bonds. The maximum Gasteiger partial charge on any atom is 0.331 e. The van der Waals surface area contributed by atoms with Crippen LogP contribution in [0.3, 0.4) is 0 Å². The minimum Gasteiger partial charge on any atom is -0.484 e. The van der Waals surface area contributed by atoms with E-state index in [0.29, 0.717) is 29.9 Å². The number of rotatable bonds is 5. The summed E-state index contributed by atoms with van der Waals surface area (Å²) >= 11 is 3.46. The van der Waals surface area contributed by atoms with Crippen LogP contribution in [0.2, 0.25) is 0 Å². The lowest BCUT2D eigenvalue weighted by atomic mass is 10.1. The molecule has 0 unspecified atom stereocenters. The van der Waals surface area contributed by atoms with E-state index in [9.17, 15) is 14.4 Å². The summed E-state index contributed by atoms with van der Waals surface area (Å²) in [6.07, 6.45) is 0. The summed E-state index contributed by atoms with van der Waals surface area (Å²) in [5.41, 5.74) is 2.89. The van der Waals surface area contributed by atoms with Gasteiger partial charge in [-0.15, -0.1) is 0 Å². The molecule has 3 heterocycles. The first-order chi connectivity index (χ1) is 17.3. The van der Waals surface area contributed by atoms with Crippen molar-refractivity contribution in [2.45, 2.75) is 0 Å². The Bertz CT molecular complexity index is 1530. The molecule has 0 spiro atoms. The molecule has 0 aliphatic carbocycles. The van der Waals surface area contributed by atoms with Gasteiger partial charge in [0.25, 0.3) is 11.5 Å². The van der Waals surface area contributed by atoms with E-state index in [1.165, 1.54) is 11.6 Å². The number of aromatic amines is 1. The average Bonchev–Trinajstić information content (AvgIpc) is 3.36. The zero-order valence-corrected chi connectivity index (χ0v) is 21.6. The number of amides is 1. The van der Waals surface area contributed by atoms with Crippen LogP contribution >= 0.6 is 15.9 Å². The van der Waals surface area contributed by atoms with Gasteiger partial charge in [-0.25, -0.2) is 4.79 Å². The van der Waals surface area contributed by atoms with Gasteiger partial charge in [0.1, 0.15) is 11.3 Å². The summed E-state index contributed by atoms with van der Waals surface area (Å²) in [5, 5.41) is 0. The fourth-order valence-electron chi connectivity index (χ4n) is 4.44. The van der Waals surface area contributed by atoms with Crippen LogP contribution in [0.15, 0.2) is 68.7 Å². The van der Waals surface area contributed by atoms with Crippen LogP contribution in [-0.2, 0) is 18.9 Å². The van der Waals surface area contributed by atoms with Crippen molar-refractivity contribution < 1.29 is 9.53 Å². The Labute approximate surface area is 215 Å². The third-order valence-electron chi connectivity index (χ3n) is 6.60. The number of anilines is 1. The number of carbonyl (C=O) groups is 1. The maximum atomic E-state index is 12.7. The molecule has 0 bridgehead atoms. The van der Waals surface area contributed by atoms with Crippen LogP contribution in [0.5, 0.6) is 5.75 Å². The lowest BCUT2D eigenvalue weighted by molar-refractivity contribution is -0.133. The summed E-state index contributed by atoms with van der Waals surface area (Å²) in [4.78, 5) is 44.5. The molecule has 1 fully saturated rings. The van der Waals surface area contributed by atoms with Crippen LogP contribution in [0, 0.1) is 0 Å². The lowest BCUT2D eigenvalue weighted by Gasteiger charge is -2.36. The van der Waals surface area contributed by atoms with Gasteiger partial charge in [-0.1, -0.05) is 15.9 Å². The van der Waals surface area contributed by atoms with Gasteiger partial charge < -0.3 is 19.5 Å². The van der Waals surface area contributed by atoms with Crippen LogP contribution in [-0.4, -0.2) is 57.7 Å². The highest BCUT2D eigenvalue weighted by Gasteiger charge is 2.21. The smallest absolute Gasteiger partial charge is 0.331 e. The molecule has 1 N–H and O–H groups in total. The number of halogens is 1. The zero-order chi connectivity index (χ0) is 25.4. The van der Waals surface area contributed by atoms with E-state index in [0.717, 1.165) is 39.1 Å². The predicted molar refractivity (Wildman–Crippen MR) is 143 cm³/mol. The van der Waals surface area contributed by atoms with Crippen LogP contribution in [0.4, 0.5) is 5.69 Å². The first kappa shape index (κ1) is 23.9. The molecule has 0 atom stereocenters. The standard InChI is InChI=1S/C26H26BrN5O4/c1-29-22-15-21(28-24(22)25(34)30(2)26(29)35)17-3-9-20(10-4-17)36-16-23(33)32-13-11-31(12-14-32)19-7-5-18(27)6-8-19/h3-10,15,28H,11-14,16H2,1-2H3. The van der Waals surface area contributed by atoms with E-state index >= 15 is 0 Å². The van der Waals surface area contributed by atoms with E-state index in [1.807, 2.05) is 29.2 Å². The predicted octanol–water partition coefficient (Wildman–Crippen LogP) is 2.72. The Morgan fingerprint density at radius 1 is 0.944 bits per heavy atom. The number of carbonyl (C=O) groups excluding carboxylic acids is 1. The Morgan fingerprint density at radius 3 is 2.28 bits per heavy atom. The Balaban J connectivity index is 1.19. The maximum absolute atomic E-state index is 12.7. The average molecular weight is 552 g/mol. The monoisotopic (exact) mass is 551 g/mol. The molecule has 9 nitrogen and oxygen atoms in total. The number of ether oxygens (including phenoxy) is 1. The van der Waals surface area contributed by atoms with Gasteiger partial charge in [-0.2, -0.15) is 0 Å². The van der Waals surface area contributed by atoms with Crippen molar-refractivity contribution in [2.75, 3.05) is 37.7 Å². The number of fused-ring (bicyclic) bond motifs is 1. The molecule has 2 aromatic carbocycles. The van der Waals surface area contributed by atoms with Gasteiger partial charge in [-0.05, 0) is 60.2 Å². The molecule has 5 rings (SSSR count). The molecular weight excluding hydrogens is 526 g/mol. The molecule has 0 saturated carbocycles. The first-order valence-corrected chi connectivity index (χ1v) is 12.4. The Hall–Kier alpha value is -3.79. The van der Waals surface area contributed by atoms with Gasteiger partial charge in [0.2, 0.25) is 0 Å². The number of nitrogens with zero attached hydrogens (tertiary/aromatic N) is 4. The number of hydrogen-bond donors (Lipinski definition) is 1. The van der Waals surface area contributed by atoms with Crippen molar-refractivity contribution in [3.63, 3.8) is 0 Å². The third-order valence-corrected chi connectivity index (χ3v) is 7.13. The number of benzene rings is 2. The van der Waals surface area contributed by atoms with Crippen LogP contribution < -0.4 is 20.9 Å². The molecular formula is C26H26BrN5O4. The van der Waals surface area contributed by atoms with Crippen LogP contribution in [0.25, 0.3) is 22.3 Å². The second-order valence-electron chi connectivity index (χ2n) is 8.81. The highest BCUT2D eigenvalue weighted by molar-refractivity contribution is 9.10. The molecule has 1 saturated heterocycles. The van der Waals surface area contributed by atoms with Crippen molar-refractivity contribution in [3.8, 4) is 17.0 Å². The van der Waals surface area contributed by atoms with E-state index in [2.05, 4.69) is 37.9 Å². The van der Waals surface area contributed by atoms with E-state index in [-0.39, 0.29) is 23.8 Å². The molecule has 2 aromatic heterocycles. The second kappa shape index (κ2) is 9.69. The first-order valence-electron chi connectivity index (χ1n) is 11.6. The summed E-state index contributed by atoms with van der Waals surface area (Å²) in [6.45, 7) is 2.84. The number of hydrogen-bond acceptors (Lipinski definition) is 5. The Morgan fingerprint density at radius 2 is 1.61 bits per heavy atom. The highest BCUT2D eigenvalue weighted by Crippen LogP contribution is 2.24. The van der Waals surface area contributed by atoms with Gasteiger partial charge in [0.15, 0.2) is 6.61 Å². The minimum atomic E-state index is -0.374. The number of aryl methyl sites for hydroxylation is 1. The zero-order valence-electron chi connectivity index (χ0n) is 20.0. The fourth-order valence-corrected chi connectivity index (χ4v) is 4.71. The summed E-state index contributed by atoms with van der Waals surface area (Å²) in [6, 6.07) is 17.3. The van der Waals surface area contributed by atoms with Crippen molar-refractivity contribution >= 4 is 38.6 Å². The largest absolute Gasteiger partial charge is 0.484 e. The minimum absolute atomic E-state index is 0.0256. The van der Waals surface area contributed by atoms with E-state index in [4.69, 9.17) is 4.74 Å². The normalized spacial score (nSPS) is 13.9. The van der Waals surface area contributed by atoms with Crippen LogP contribution in [0.1, 0.15) is 0 Å². The molecule has 186 valence electrons. The number of H-pyrrole nitrogens is 1. The molecule has 1 aliphatic rings. The molecule has 0 radical (unpaired) electrons. The molecule has 1 aliphatic heterocycles. The van der Waals surface area contributed by atoms with Crippen molar-refractivity contribution in [2.24, 2.45) is 14.1 Å². The highest BCUT2D eigenvalue weighted by atomic mass is 79.9. The number of aromatic nitrogens is 3. The Kier molecular flexibility index (Phi) is 6.44. The molecule has 36 heavy (non-hydrogen) atoms. The van der Waals surface area contributed by atoms with Crippen molar-refractivity contribution in [1.29, 1.82) is 0 Å². The van der Waals surface area contributed by atoms with Gasteiger partial charge >= 0.3 is 5.69 Å². The lowest BCUT2D eigenvalue weighted by Crippen LogP contribution is -2.50.